The summed E-state index contributed by atoms with van der Waals surface area (Å²) in [6, 6.07) is 19.6. The zero-order valence-corrected chi connectivity index (χ0v) is 21.0. The number of carbonyl (C=O) groups excluding carboxylic acids is 2. The van der Waals surface area contributed by atoms with Crippen molar-refractivity contribution in [1.29, 1.82) is 0 Å². The largest absolute Gasteiger partial charge is 0.407 e. The molecule has 2 amide bonds. The summed E-state index contributed by atoms with van der Waals surface area (Å²) in [5, 5.41) is 1.95. The standard InChI is InChI=1S/C28H33NO4Si/c1-4-19-32-34(22-13-7-5-8-14-22,23-15-9-6-10-16-23)33-20-26(21(2)3)29-27(30)24-17-11-12-18-25(24)28(29)31/h4-10,13-16,21,26H,1,11-12,17-20H2,2-3H3/t26-/m1/s1. The minimum atomic E-state index is -3.14. The van der Waals surface area contributed by atoms with E-state index < -0.39 is 8.56 Å². The minimum absolute atomic E-state index is 0.0342. The first-order chi connectivity index (χ1) is 16.5. The Morgan fingerprint density at radius 3 is 1.82 bits per heavy atom. The van der Waals surface area contributed by atoms with Crippen molar-refractivity contribution in [2.45, 2.75) is 45.6 Å². The van der Waals surface area contributed by atoms with Gasteiger partial charge in [-0.05, 0) is 42.0 Å². The quantitative estimate of drug-likeness (QED) is 0.299. The molecule has 2 aliphatic rings. The lowest BCUT2D eigenvalue weighted by Crippen LogP contribution is -2.65. The second-order valence-electron chi connectivity index (χ2n) is 9.22. The van der Waals surface area contributed by atoms with Crippen LogP contribution in [0, 0.1) is 5.92 Å². The van der Waals surface area contributed by atoms with Crippen LogP contribution in [0.4, 0.5) is 0 Å². The van der Waals surface area contributed by atoms with Crippen molar-refractivity contribution in [3.63, 3.8) is 0 Å². The Bertz CT molecular complexity index is 997. The highest BCUT2D eigenvalue weighted by atomic mass is 28.4. The third-order valence-electron chi connectivity index (χ3n) is 6.69. The van der Waals surface area contributed by atoms with E-state index in [9.17, 15) is 9.59 Å². The van der Waals surface area contributed by atoms with Crippen molar-refractivity contribution in [2.75, 3.05) is 13.2 Å². The van der Waals surface area contributed by atoms with E-state index in [4.69, 9.17) is 8.85 Å². The number of hydrogen-bond acceptors (Lipinski definition) is 4. The highest BCUT2D eigenvalue weighted by Crippen LogP contribution is 2.35. The fourth-order valence-electron chi connectivity index (χ4n) is 4.86. The van der Waals surface area contributed by atoms with Crippen LogP contribution in [0.15, 0.2) is 84.5 Å². The van der Waals surface area contributed by atoms with E-state index in [-0.39, 0.29) is 30.4 Å². The molecule has 0 N–H and O–H groups in total. The van der Waals surface area contributed by atoms with Crippen LogP contribution in [0.2, 0.25) is 0 Å². The molecule has 0 radical (unpaired) electrons. The Morgan fingerprint density at radius 1 is 0.882 bits per heavy atom. The van der Waals surface area contributed by atoms with Crippen LogP contribution in [-0.4, -0.2) is 44.5 Å². The maximum absolute atomic E-state index is 13.3. The predicted molar refractivity (Wildman–Crippen MR) is 136 cm³/mol. The Hall–Kier alpha value is -2.80. The highest BCUT2D eigenvalue weighted by molar-refractivity contribution is 6.92. The number of benzene rings is 2. The lowest BCUT2D eigenvalue weighted by Gasteiger charge is -2.36. The Balaban J connectivity index is 1.69. The molecule has 0 spiro atoms. The smallest absolute Gasteiger partial charge is 0.385 e. The zero-order valence-electron chi connectivity index (χ0n) is 20.0. The molecule has 1 heterocycles. The highest BCUT2D eigenvalue weighted by Gasteiger charge is 2.47. The van der Waals surface area contributed by atoms with Gasteiger partial charge >= 0.3 is 8.56 Å². The van der Waals surface area contributed by atoms with Crippen LogP contribution in [-0.2, 0) is 18.4 Å². The van der Waals surface area contributed by atoms with Crippen LogP contribution in [0.25, 0.3) is 0 Å². The van der Waals surface area contributed by atoms with Gasteiger partial charge in [0, 0.05) is 11.1 Å². The van der Waals surface area contributed by atoms with Crippen LogP contribution in [0.1, 0.15) is 39.5 Å². The molecule has 1 aliphatic heterocycles. The summed E-state index contributed by atoms with van der Waals surface area (Å²) in [5.41, 5.74) is 1.42. The summed E-state index contributed by atoms with van der Waals surface area (Å²) in [7, 11) is -3.14. The van der Waals surface area contributed by atoms with Gasteiger partial charge in [-0.2, -0.15) is 0 Å². The molecular weight excluding hydrogens is 442 g/mol. The van der Waals surface area contributed by atoms with Gasteiger partial charge in [0.05, 0.1) is 19.3 Å². The van der Waals surface area contributed by atoms with Crippen molar-refractivity contribution in [3.8, 4) is 0 Å². The molecule has 1 atom stereocenters. The van der Waals surface area contributed by atoms with Crippen molar-refractivity contribution in [2.24, 2.45) is 5.92 Å². The maximum Gasteiger partial charge on any atom is 0.407 e. The van der Waals surface area contributed by atoms with Crippen molar-refractivity contribution >= 4 is 30.7 Å². The van der Waals surface area contributed by atoms with E-state index >= 15 is 0 Å². The van der Waals surface area contributed by atoms with Gasteiger partial charge in [-0.1, -0.05) is 80.6 Å². The molecule has 0 fully saturated rings. The molecule has 34 heavy (non-hydrogen) atoms. The molecule has 178 valence electrons. The van der Waals surface area contributed by atoms with Crippen LogP contribution < -0.4 is 10.4 Å². The van der Waals surface area contributed by atoms with Gasteiger partial charge in [0.2, 0.25) is 0 Å². The van der Waals surface area contributed by atoms with Crippen LogP contribution in [0.3, 0.4) is 0 Å². The fraction of sp³-hybridized carbons (Fsp3) is 0.357. The monoisotopic (exact) mass is 475 g/mol. The van der Waals surface area contributed by atoms with Crippen molar-refractivity contribution in [1.82, 2.24) is 4.90 Å². The molecule has 0 bridgehead atoms. The number of carbonyl (C=O) groups is 2. The summed E-state index contributed by atoms with van der Waals surface area (Å²) in [6.07, 6.45) is 5.03. The summed E-state index contributed by atoms with van der Waals surface area (Å²) in [4.78, 5) is 28.0. The van der Waals surface area contributed by atoms with Gasteiger partial charge in [-0.3, -0.25) is 14.5 Å². The Labute approximate surface area is 203 Å². The predicted octanol–water partition coefficient (Wildman–Crippen LogP) is 3.73. The Morgan fingerprint density at radius 2 is 1.38 bits per heavy atom. The SMILES string of the molecule is C=CCO[Si](OC[C@H](C(C)C)N1C(=O)C2=C(CCCC2)C1=O)(c1ccccc1)c1ccccc1. The zero-order chi connectivity index (χ0) is 24.1. The molecular formula is C28H33NO4Si. The number of nitrogens with zero attached hydrogens (tertiary/aromatic N) is 1. The number of imide groups is 1. The molecule has 2 aromatic rings. The van der Waals surface area contributed by atoms with Gasteiger partial charge in [0.15, 0.2) is 0 Å². The summed E-state index contributed by atoms with van der Waals surface area (Å²) >= 11 is 0. The summed E-state index contributed by atoms with van der Waals surface area (Å²) in [5.74, 6) is -0.242. The first-order valence-electron chi connectivity index (χ1n) is 12.1. The molecule has 2 aromatic carbocycles. The molecule has 6 heteroatoms. The average Bonchev–Trinajstić information content (AvgIpc) is 3.12. The van der Waals surface area contributed by atoms with Crippen molar-refractivity contribution < 1.29 is 18.4 Å². The molecule has 0 aromatic heterocycles. The van der Waals surface area contributed by atoms with Gasteiger partial charge in [-0.15, -0.1) is 6.58 Å². The topological polar surface area (TPSA) is 55.8 Å². The first-order valence-corrected chi connectivity index (χ1v) is 13.9. The Kier molecular flexibility index (Phi) is 7.61. The van der Waals surface area contributed by atoms with Crippen LogP contribution >= 0.6 is 0 Å². The maximum atomic E-state index is 13.3. The van der Waals surface area contributed by atoms with Gasteiger partial charge in [-0.25, -0.2) is 0 Å². The second-order valence-corrected chi connectivity index (χ2v) is 12.2. The minimum Gasteiger partial charge on any atom is -0.385 e. The summed E-state index contributed by atoms with van der Waals surface area (Å²) < 4.78 is 13.3. The van der Waals surface area contributed by atoms with E-state index in [2.05, 4.69) is 6.58 Å². The number of hydrogen-bond donors (Lipinski definition) is 0. The van der Waals surface area contributed by atoms with E-state index in [1.165, 1.54) is 4.90 Å². The molecule has 4 rings (SSSR count). The molecule has 0 saturated carbocycles. The second kappa shape index (κ2) is 10.6. The van der Waals surface area contributed by atoms with Crippen molar-refractivity contribution in [3.05, 3.63) is 84.5 Å². The average molecular weight is 476 g/mol. The normalized spacial score (nSPS) is 17.3. The van der Waals surface area contributed by atoms with E-state index in [1.807, 2.05) is 74.5 Å². The molecule has 0 unspecified atom stereocenters. The third-order valence-corrected chi connectivity index (χ3v) is 10.0. The van der Waals surface area contributed by atoms with Gasteiger partial charge < -0.3 is 8.85 Å². The summed E-state index contributed by atoms with van der Waals surface area (Å²) in [6.45, 7) is 8.45. The van der Waals surface area contributed by atoms with E-state index in [1.54, 1.807) is 6.08 Å². The number of amides is 2. The van der Waals surface area contributed by atoms with E-state index in [0.717, 1.165) is 23.2 Å². The van der Waals surface area contributed by atoms with Gasteiger partial charge in [0.25, 0.3) is 11.8 Å². The molecule has 5 nitrogen and oxygen atoms in total. The molecule has 0 saturated heterocycles. The fourth-order valence-corrected chi connectivity index (χ4v) is 7.97. The number of rotatable bonds is 10. The first kappa shape index (κ1) is 24.3. The van der Waals surface area contributed by atoms with Gasteiger partial charge in [0.1, 0.15) is 0 Å². The van der Waals surface area contributed by atoms with Crippen LogP contribution in [0.5, 0.6) is 0 Å². The lowest BCUT2D eigenvalue weighted by atomic mass is 9.93. The van der Waals surface area contributed by atoms with E-state index in [0.29, 0.717) is 30.6 Å². The third kappa shape index (κ3) is 4.58. The molecule has 1 aliphatic carbocycles. The lowest BCUT2D eigenvalue weighted by molar-refractivity contribution is -0.142.